The van der Waals surface area contributed by atoms with Crippen molar-refractivity contribution in [3.8, 4) is 0 Å². The maximum Gasteiger partial charge on any atom is 0.306 e. The average molecular weight is 926 g/mol. The van der Waals surface area contributed by atoms with Crippen molar-refractivity contribution in [2.75, 3.05) is 13.2 Å². The van der Waals surface area contributed by atoms with Gasteiger partial charge in [-0.05, 0) is 77.0 Å². The van der Waals surface area contributed by atoms with Crippen molar-refractivity contribution in [1.82, 2.24) is 0 Å². The van der Waals surface area contributed by atoms with Crippen LogP contribution in [0.15, 0.2) is 48.6 Å². The van der Waals surface area contributed by atoms with Crippen LogP contribution >= 0.6 is 0 Å². The first-order valence-electron chi connectivity index (χ1n) is 28.6. The second kappa shape index (κ2) is 55.0. The van der Waals surface area contributed by atoms with E-state index in [0.717, 1.165) is 83.5 Å². The molecule has 0 aromatic rings. The van der Waals surface area contributed by atoms with Crippen LogP contribution in [0, 0.1) is 0 Å². The Labute approximate surface area is 409 Å². The zero-order valence-electron chi connectivity index (χ0n) is 44.0. The molecule has 0 N–H and O–H groups in total. The van der Waals surface area contributed by atoms with Crippen LogP contribution in [-0.2, 0) is 28.6 Å². The fourth-order valence-electron chi connectivity index (χ4n) is 8.20. The predicted molar refractivity (Wildman–Crippen MR) is 284 cm³/mol. The summed E-state index contributed by atoms with van der Waals surface area (Å²) in [6.45, 7) is 6.59. The molecule has 0 spiro atoms. The van der Waals surface area contributed by atoms with E-state index in [1.165, 1.54) is 173 Å². The zero-order chi connectivity index (χ0) is 47.9. The highest BCUT2D eigenvalue weighted by Gasteiger charge is 2.19. The van der Waals surface area contributed by atoms with Gasteiger partial charge < -0.3 is 14.2 Å². The lowest BCUT2D eigenvalue weighted by molar-refractivity contribution is -0.167. The van der Waals surface area contributed by atoms with Crippen LogP contribution in [0.3, 0.4) is 0 Å². The van der Waals surface area contributed by atoms with Crippen LogP contribution in [0.25, 0.3) is 0 Å². The van der Waals surface area contributed by atoms with E-state index < -0.39 is 6.10 Å². The van der Waals surface area contributed by atoms with Crippen molar-refractivity contribution in [2.24, 2.45) is 0 Å². The second-order valence-corrected chi connectivity index (χ2v) is 19.2. The van der Waals surface area contributed by atoms with Crippen LogP contribution in [0.4, 0.5) is 0 Å². The molecule has 0 bridgehead atoms. The quantitative estimate of drug-likeness (QED) is 0.0262. The van der Waals surface area contributed by atoms with Gasteiger partial charge in [0.05, 0.1) is 0 Å². The Kier molecular flexibility index (Phi) is 52.8. The summed E-state index contributed by atoms with van der Waals surface area (Å²) >= 11 is 0. The number of carbonyl (C=O) groups excluding carboxylic acids is 3. The third-order valence-electron chi connectivity index (χ3n) is 12.6. The Bertz CT molecular complexity index is 1150. The number of ether oxygens (including phenoxy) is 3. The number of allylic oxidation sites excluding steroid dienone is 8. The summed E-state index contributed by atoms with van der Waals surface area (Å²) in [6, 6.07) is 0. The highest BCUT2D eigenvalue weighted by atomic mass is 16.6. The highest BCUT2D eigenvalue weighted by molar-refractivity contribution is 5.71. The maximum absolute atomic E-state index is 12.8. The lowest BCUT2D eigenvalue weighted by atomic mass is 10.0. The largest absolute Gasteiger partial charge is 0.462 e. The zero-order valence-corrected chi connectivity index (χ0v) is 44.0. The smallest absolute Gasteiger partial charge is 0.306 e. The Morgan fingerprint density at radius 3 is 0.939 bits per heavy atom. The molecule has 0 aliphatic carbocycles. The van der Waals surface area contributed by atoms with E-state index in [-0.39, 0.29) is 31.1 Å². The van der Waals surface area contributed by atoms with E-state index >= 15 is 0 Å². The maximum atomic E-state index is 12.8. The van der Waals surface area contributed by atoms with Gasteiger partial charge in [-0.2, -0.15) is 0 Å². The average Bonchev–Trinajstić information content (AvgIpc) is 3.31. The van der Waals surface area contributed by atoms with Crippen LogP contribution in [0.2, 0.25) is 0 Å². The molecule has 1 atom stereocenters. The van der Waals surface area contributed by atoms with Gasteiger partial charge in [0.1, 0.15) is 13.2 Å². The van der Waals surface area contributed by atoms with Crippen molar-refractivity contribution < 1.29 is 28.6 Å². The minimum absolute atomic E-state index is 0.0793. The second-order valence-electron chi connectivity index (χ2n) is 19.2. The third-order valence-corrected chi connectivity index (χ3v) is 12.6. The molecule has 0 radical (unpaired) electrons. The first kappa shape index (κ1) is 63.4. The standard InChI is InChI=1S/C60H108O6/c1-4-7-10-13-16-19-22-24-26-28-30-32-33-35-38-41-44-47-50-53-59(62)65-56-57(55-64-58(61)52-49-46-43-40-37-21-18-15-12-9-6-3)66-60(63)54-51-48-45-42-39-36-34-31-29-27-25-23-20-17-14-11-8-5-2/h15-16,18-19,24,26,30,32,57H,4-14,17,20-23,25,27-29,31,33-56H2,1-3H3/b18-15-,19-16-,26-24-,32-30-. The van der Waals surface area contributed by atoms with Crippen LogP contribution in [0.1, 0.15) is 297 Å². The lowest BCUT2D eigenvalue weighted by Gasteiger charge is -2.18. The van der Waals surface area contributed by atoms with E-state index in [0.29, 0.717) is 19.3 Å². The van der Waals surface area contributed by atoms with Crippen molar-refractivity contribution >= 4 is 17.9 Å². The Balaban J connectivity index is 4.33. The first-order chi connectivity index (χ1) is 32.5. The Hall–Kier alpha value is -2.63. The number of rotatable bonds is 52. The summed E-state index contributed by atoms with van der Waals surface area (Å²) in [4.78, 5) is 38.1. The van der Waals surface area contributed by atoms with Gasteiger partial charge in [-0.15, -0.1) is 0 Å². The van der Waals surface area contributed by atoms with E-state index in [2.05, 4.69) is 69.4 Å². The molecular formula is C60H108O6. The highest BCUT2D eigenvalue weighted by Crippen LogP contribution is 2.16. The minimum atomic E-state index is -0.779. The van der Waals surface area contributed by atoms with Gasteiger partial charge in [-0.25, -0.2) is 0 Å². The van der Waals surface area contributed by atoms with Crippen LogP contribution < -0.4 is 0 Å². The van der Waals surface area contributed by atoms with E-state index in [1.54, 1.807) is 0 Å². The topological polar surface area (TPSA) is 78.9 Å². The SMILES string of the molecule is CCCC/C=C\CCCCCCCC(=O)OCC(COC(=O)CCCCCCCC/C=C\C/C=C\C/C=C\CCCCC)OC(=O)CCCCCCCCCCCCCCCCCCCC. The molecule has 0 fully saturated rings. The normalized spacial score (nSPS) is 12.3. The molecule has 0 heterocycles. The van der Waals surface area contributed by atoms with Gasteiger partial charge in [0.2, 0.25) is 0 Å². The summed E-state index contributed by atoms with van der Waals surface area (Å²) < 4.78 is 16.8. The monoisotopic (exact) mass is 925 g/mol. The van der Waals surface area contributed by atoms with Crippen molar-refractivity contribution in [2.45, 2.75) is 303 Å². The van der Waals surface area contributed by atoms with Crippen LogP contribution in [0.5, 0.6) is 0 Å². The third kappa shape index (κ3) is 52.3. The molecule has 0 aliphatic rings. The number of carbonyl (C=O) groups is 3. The molecule has 6 heteroatoms. The van der Waals surface area contributed by atoms with Crippen molar-refractivity contribution in [3.63, 3.8) is 0 Å². The summed E-state index contributed by atoms with van der Waals surface area (Å²) in [5, 5.41) is 0. The van der Waals surface area contributed by atoms with E-state index in [1.807, 2.05) is 0 Å². The van der Waals surface area contributed by atoms with Crippen LogP contribution in [-0.4, -0.2) is 37.2 Å². The number of hydrogen-bond acceptors (Lipinski definition) is 6. The van der Waals surface area contributed by atoms with Gasteiger partial charge in [-0.3, -0.25) is 14.4 Å². The van der Waals surface area contributed by atoms with Gasteiger partial charge in [-0.1, -0.05) is 249 Å². The molecule has 0 aliphatic heterocycles. The predicted octanol–water partition coefficient (Wildman–Crippen LogP) is 19.0. The molecule has 0 aromatic carbocycles. The summed E-state index contributed by atoms with van der Waals surface area (Å²) in [5.74, 6) is -0.887. The van der Waals surface area contributed by atoms with E-state index in [9.17, 15) is 14.4 Å². The molecule has 0 saturated heterocycles. The number of esters is 3. The van der Waals surface area contributed by atoms with Gasteiger partial charge in [0.15, 0.2) is 6.10 Å². The Morgan fingerprint density at radius 1 is 0.303 bits per heavy atom. The lowest BCUT2D eigenvalue weighted by Crippen LogP contribution is -2.30. The van der Waals surface area contributed by atoms with Crippen molar-refractivity contribution in [1.29, 1.82) is 0 Å². The van der Waals surface area contributed by atoms with Gasteiger partial charge in [0, 0.05) is 19.3 Å². The fourth-order valence-corrected chi connectivity index (χ4v) is 8.20. The molecule has 384 valence electrons. The van der Waals surface area contributed by atoms with Gasteiger partial charge in [0.25, 0.3) is 0 Å². The summed E-state index contributed by atoms with van der Waals surface area (Å²) in [7, 11) is 0. The van der Waals surface area contributed by atoms with Crippen molar-refractivity contribution in [3.05, 3.63) is 48.6 Å². The number of unbranched alkanes of at least 4 members (excludes halogenated alkanes) is 33. The molecule has 0 amide bonds. The minimum Gasteiger partial charge on any atom is -0.462 e. The molecule has 66 heavy (non-hydrogen) atoms. The number of hydrogen-bond donors (Lipinski definition) is 0. The summed E-state index contributed by atoms with van der Waals surface area (Å²) in [5.41, 5.74) is 0. The molecule has 0 saturated carbocycles. The van der Waals surface area contributed by atoms with E-state index in [4.69, 9.17) is 14.2 Å². The first-order valence-corrected chi connectivity index (χ1v) is 28.6. The molecule has 0 rings (SSSR count). The molecule has 1 unspecified atom stereocenters. The Morgan fingerprint density at radius 2 is 0.561 bits per heavy atom. The van der Waals surface area contributed by atoms with Gasteiger partial charge >= 0.3 is 17.9 Å². The summed E-state index contributed by atoms with van der Waals surface area (Å²) in [6.07, 6.45) is 66.7. The molecule has 0 aromatic heterocycles. The molecular weight excluding hydrogens is 817 g/mol. The fraction of sp³-hybridized carbons (Fsp3) is 0.817. The molecule has 6 nitrogen and oxygen atoms in total.